The number of H-pyrrole nitrogens is 1. The quantitative estimate of drug-likeness (QED) is 0.552. The van der Waals surface area contributed by atoms with Crippen molar-refractivity contribution in [3.05, 3.63) is 71.9 Å². The summed E-state index contributed by atoms with van der Waals surface area (Å²) in [4.78, 5) is 24.0. The van der Waals surface area contributed by atoms with Crippen LogP contribution >= 0.6 is 0 Å². The van der Waals surface area contributed by atoms with E-state index >= 15 is 0 Å². The van der Waals surface area contributed by atoms with Crippen molar-refractivity contribution in [2.75, 3.05) is 0 Å². The predicted octanol–water partition coefficient (Wildman–Crippen LogP) is 1.86. The Kier molecular flexibility index (Phi) is 4.24. The second-order valence-electron chi connectivity index (χ2n) is 4.96. The van der Waals surface area contributed by atoms with E-state index in [1.54, 1.807) is 18.2 Å². The fourth-order valence-electron chi connectivity index (χ4n) is 2.11. The van der Waals surface area contributed by atoms with Crippen molar-refractivity contribution in [2.24, 2.45) is 0 Å². The van der Waals surface area contributed by atoms with Gasteiger partial charge in [-0.3, -0.25) is 25.5 Å². The summed E-state index contributed by atoms with van der Waals surface area (Å²) in [5, 5.41) is 16.3. The number of aromatic nitrogens is 2. The van der Waals surface area contributed by atoms with Crippen LogP contribution in [0.5, 0.6) is 5.75 Å². The second-order valence-corrected chi connectivity index (χ2v) is 4.96. The van der Waals surface area contributed by atoms with Crippen LogP contribution in [0.2, 0.25) is 0 Å². The van der Waals surface area contributed by atoms with E-state index < -0.39 is 11.8 Å². The average Bonchev–Trinajstić information content (AvgIpc) is 3.11. The standard InChI is InChI=1S/C17H14N4O3/c22-15-9-5-4-8-12(15)16(23)20-21-17(24)14-10-13(18-19-14)11-6-2-1-3-7-11/h1-10,22H,(H,18,19)(H,20,23)(H,21,24). The number of aromatic amines is 1. The molecule has 0 fully saturated rings. The predicted molar refractivity (Wildman–Crippen MR) is 87.1 cm³/mol. The summed E-state index contributed by atoms with van der Waals surface area (Å²) in [6.45, 7) is 0. The van der Waals surface area contributed by atoms with Gasteiger partial charge in [0.25, 0.3) is 11.8 Å². The monoisotopic (exact) mass is 322 g/mol. The first kappa shape index (κ1) is 15.3. The fourth-order valence-corrected chi connectivity index (χ4v) is 2.11. The molecule has 0 saturated heterocycles. The third kappa shape index (κ3) is 3.25. The van der Waals surface area contributed by atoms with Crippen LogP contribution in [0.1, 0.15) is 20.8 Å². The van der Waals surface area contributed by atoms with Crippen molar-refractivity contribution in [1.82, 2.24) is 21.0 Å². The number of hydrogen-bond donors (Lipinski definition) is 4. The zero-order chi connectivity index (χ0) is 16.9. The summed E-state index contributed by atoms with van der Waals surface area (Å²) in [6.07, 6.45) is 0. The van der Waals surface area contributed by atoms with Crippen molar-refractivity contribution in [2.45, 2.75) is 0 Å². The normalized spacial score (nSPS) is 10.2. The summed E-state index contributed by atoms with van der Waals surface area (Å²) >= 11 is 0. The lowest BCUT2D eigenvalue weighted by molar-refractivity contribution is 0.0842. The van der Waals surface area contributed by atoms with Crippen LogP contribution < -0.4 is 10.9 Å². The molecule has 1 heterocycles. The number of hydrazine groups is 1. The largest absolute Gasteiger partial charge is 0.507 e. The smallest absolute Gasteiger partial charge is 0.287 e. The Morgan fingerprint density at radius 1 is 0.917 bits per heavy atom. The molecule has 0 aliphatic heterocycles. The first-order chi connectivity index (χ1) is 11.6. The Balaban J connectivity index is 1.65. The van der Waals surface area contributed by atoms with Gasteiger partial charge in [0.1, 0.15) is 11.4 Å². The number of rotatable bonds is 3. The Bertz CT molecular complexity index is 874. The summed E-state index contributed by atoms with van der Waals surface area (Å²) in [5.41, 5.74) is 6.26. The highest BCUT2D eigenvalue weighted by Crippen LogP contribution is 2.17. The molecule has 1 aromatic heterocycles. The van der Waals surface area contributed by atoms with Crippen LogP contribution in [0.4, 0.5) is 0 Å². The molecule has 0 unspecified atom stereocenters. The summed E-state index contributed by atoms with van der Waals surface area (Å²) in [6, 6.07) is 17.0. The lowest BCUT2D eigenvalue weighted by Crippen LogP contribution is -2.41. The summed E-state index contributed by atoms with van der Waals surface area (Å²) in [7, 11) is 0. The maximum atomic E-state index is 12.1. The number of carbonyl (C=O) groups is 2. The van der Waals surface area contributed by atoms with Gasteiger partial charge in [-0.1, -0.05) is 42.5 Å². The van der Waals surface area contributed by atoms with Crippen molar-refractivity contribution < 1.29 is 14.7 Å². The number of hydrogen-bond acceptors (Lipinski definition) is 4. The molecule has 2 aromatic carbocycles. The van der Waals surface area contributed by atoms with Crippen LogP contribution in [0.3, 0.4) is 0 Å². The highest BCUT2D eigenvalue weighted by molar-refractivity contribution is 6.00. The topological polar surface area (TPSA) is 107 Å². The molecule has 0 aliphatic rings. The third-order valence-corrected chi connectivity index (χ3v) is 3.33. The minimum absolute atomic E-state index is 0.0624. The molecule has 3 aromatic rings. The molecular formula is C17H14N4O3. The molecule has 0 aliphatic carbocycles. The maximum absolute atomic E-state index is 12.1. The van der Waals surface area contributed by atoms with Crippen LogP contribution in [0.25, 0.3) is 11.3 Å². The zero-order valence-electron chi connectivity index (χ0n) is 12.5. The van der Waals surface area contributed by atoms with E-state index in [2.05, 4.69) is 21.0 Å². The highest BCUT2D eigenvalue weighted by atomic mass is 16.3. The molecule has 24 heavy (non-hydrogen) atoms. The van der Waals surface area contributed by atoms with Crippen LogP contribution in [0, 0.1) is 0 Å². The number of aromatic hydroxyl groups is 1. The average molecular weight is 322 g/mol. The van der Waals surface area contributed by atoms with Crippen LogP contribution in [0.15, 0.2) is 60.7 Å². The molecule has 0 atom stereocenters. The first-order valence-corrected chi connectivity index (χ1v) is 7.14. The van der Waals surface area contributed by atoms with Crippen molar-refractivity contribution >= 4 is 11.8 Å². The Morgan fingerprint density at radius 2 is 1.58 bits per heavy atom. The Labute approximate surface area is 137 Å². The molecule has 120 valence electrons. The van der Waals surface area contributed by atoms with Gasteiger partial charge in [-0.05, 0) is 18.2 Å². The van der Waals surface area contributed by atoms with Gasteiger partial charge in [0.2, 0.25) is 0 Å². The van der Waals surface area contributed by atoms with E-state index in [1.165, 1.54) is 12.1 Å². The molecule has 0 spiro atoms. The zero-order valence-corrected chi connectivity index (χ0v) is 12.5. The summed E-state index contributed by atoms with van der Waals surface area (Å²) < 4.78 is 0. The third-order valence-electron chi connectivity index (χ3n) is 3.33. The number of phenols is 1. The van der Waals surface area contributed by atoms with Gasteiger partial charge in [-0.15, -0.1) is 0 Å². The number of nitrogens with one attached hydrogen (secondary N) is 3. The molecule has 7 heteroatoms. The SMILES string of the molecule is O=C(NNC(=O)c1ccccc1O)c1cc(-c2ccccc2)n[nH]1. The number of carbonyl (C=O) groups excluding carboxylic acids is 2. The van der Waals surface area contributed by atoms with E-state index in [9.17, 15) is 14.7 Å². The van der Waals surface area contributed by atoms with Crippen molar-refractivity contribution in [3.8, 4) is 17.0 Å². The van der Waals surface area contributed by atoms with Crippen molar-refractivity contribution in [3.63, 3.8) is 0 Å². The number of phenolic OH excluding ortho intramolecular Hbond substituents is 1. The van der Waals surface area contributed by atoms with Gasteiger partial charge < -0.3 is 5.11 Å². The lowest BCUT2D eigenvalue weighted by atomic mass is 10.1. The Hall–Kier alpha value is -3.61. The number of nitrogens with zero attached hydrogens (tertiary/aromatic N) is 1. The minimum atomic E-state index is -0.621. The fraction of sp³-hybridized carbons (Fsp3) is 0. The van der Waals surface area contributed by atoms with Crippen LogP contribution in [-0.4, -0.2) is 27.1 Å². The molecule has 0 saturated carbocycles. The van der Waals surface area contributed by atoms with E-state index in [1.807, 2.05) is 30.3 Å². The van der Waals surface area contributed by atoms with Gasteiger partial charge in [-0.25, -0.2) is 0 Å². The van der Waals surface area contributed by atoms with E-state index in [0.29, 0.717) is 5.69 Å². The minimum Gasteiger partial charge on any atom is -0.507 e. The number of benzene rings is 2. The van der Waals surface area contributed by atoms with Gasteiger partial charge in [0.05, 0.1) is 11.3 Å². The van der Waals surface area contributed by atoms with E-state index in [0.717, 1.165) is 5.56 Å². The lowest BCUT2D eigenvalue weighted by Gasteiger charge is -2.07. The van der Waals surface area contributed by atoms with Gasteiger partial charge >= 0.3 is 0 Å². The number of para-hydroxylation sites is 1. The maximum Gasteiger partial charge on any atom is 0.287 e. The first-order valence-electron chi connectivity index (χ1n) is 7.14. The van der Waals surface area contributed by atoms with Gasteiger partial charge in [0, 0.05) is 5.56 Å². The number of amides is 2. The molecule has 0 radical (unpaired) electrons. The molecule has 2 amide bonds. The second kappa shape index (κ2) is 6.66. The molecular weight excluding hydrogens is 308 g/mol. The van der Waals surface area contributed by atoms with Crippen molar-refractivity contribution in [1.29, 1.82) is 0 Å². The molecule has 0 bridgehead atoms. The highest BCUT2D eigenvalue weighted by Gasteiger charge is 2.14. The van der Waals surface area contributed by atoms with E-state index in [4.69, 9.17) is 0 Å². The van der Waals surface area contributed by atoms with E-state index in [-0.39, 0.29) is 17.0 Å². The molecule has 7 nitrogen and oxygen atoms in total. The molecule has 4 N–H and O–H groups in total. The molecule has 3 rings (SSSR count). The van der Waals surface area contributed by atoms with Crippen LogP contribution in [-0.2, 0) is 0 Å². The van der Waals surface area contributed by atoms with Gasteiger partial charge in [0.15, 0.2) is 0 Å². The Morgan fingerprint density at radius 3 is 2.33 bits per heavy atom. The summed E-state index contributed by atoms with van der Waals surface area (Å²) in [5.74, 6) is -1.34. The van der Waals surface area contributed by atoms with Gasteiger partial charge in [-0.2, -0.15) is 5.10 Å².